The monoisotopic (exact) mass is 312 g/mol. The standard InChI is InChI=1S/C15H20O7/c1-9(17)21-14-13(19)12(18)11(7-16)22-15(14)20-8-10-5-3-2-4-6-10/h2-6,11-16,18-19H,7-8H2,1H3/t11-,12+,13+,14-,15-/m1/s1. The quantitative estimate of drug-likeness (QED) is 0.634. The molecule has 7 heteroatoms. The van der Waals surface area contributed by atoms with Crippen LogP contribution in [0.5, 0.6) is 0 Å². The lowest BCUT2D eigenvalue weighted by Gasteiger charge is -2.41. The zero-order valence-electron chi connectivity index (χ0n) is 12.2. The molecule has 1 aliphatic heterocycles. The predicted molar refractivity (Wildman–Crippen MR) is 74.5 cm³/mol. The van der Waals surface area contributed by atoms with E-state index in [9.17, 15) is 20.1 Å². The van der Waals surface area contributed by atoms with E-state index in [2.05, 4.69) is 0 Å². The smallest absolute Gasteiger partial charge is 0.303 e. The molecule has 22 heavy (non-hydrogen) atoms. The van der Waals surface area contributed by atoms with E-state index in [4.69, 9.17) is 14.2 Å². The van der Waals surface area contributed by atoms with Crippen LogP contribution in [0.3, 0.4) is 0 Å². The Labute approximate surface area is 128 Å². The van der Waals surface area contributed by atoms with Gasteiger partial charge in [0.2, 0.25) is 0 Å². The molecule has 1 aromatic rings. The number of esters is 1. The van der Waals surface area contributed by atoms with Gasteiger partial charge in [-0.05, 0) is 5.56 Å². The maximum Gasteiger partial charge on any atom is 0.303 e. The third-order valence-corrected chi connectivity index (χ3v) is 3.38. The molecule has 0 aromatic heterocycles. The van der Waals surface area contributed by atoms with Crippen molar-refractivity contribution in [3.05, 3.63) is 35.9 Å². The fourth-order valence-corrected chi connectivity index (χ4v) is 2.26. The van der Waals surface area contributed by atoms with Gasteiger partial charge in [-0.1, -0.05) is 30.3 Å². The summed E-state index contributed by atoms with van der Waals surface area (Å²) >= 11 is 0. The maximum atomic E-state index is 11.2. The predicted octanol–water partition coefficient (Wildman–Crippen LogP) is -0.426. The van der Waals surface area contributed by atoms with E-state index >= 15 is 0 Å². The van der Waals surface area contributed by atoms with Crippen LogP contribution in [0.2, 0.25) is 0 Å². The highest BCUT2D eigenvalue weighted by Gasteiger charge is 2.46. The number of rotatable bonds is 5. The van der Waals surface area contributed by atoms with E-state index in [1.807, 2.05) is 30.3 Å². The Morgan fingerprint density at radius 2 is 1.91 bits per heavy atom. The zero-order valence-corrected chi connectivity index (χ0v) is 12.2. The molecule has 0 bridgehead atoms. The van der Waals surface area contributed by atoms with Crippen LogP contribution in [0.25, 0.3) is 0 Å². The fraction of sp³-hybridized carbons (Fsp3) is 0.533. The highest BCUT2D eigenvalue weighted by molar-refractivity contribution is 5.66. The van der Waals surface area contributed by atoms with Crippen LogP contribution in [-0.2, 0) is 25.6 Å². The van der Waals surface area contributed by atoms with Crippen LogP contribution < -0.4 is 0 Å². The Morgan fingerprint density at radius 1 is 1.23 bits per heavy atom. The topological polar surface area (TPSA) is 105 Å². The fourth-order valence-electron chi connectivity index (χ4n) is 2.26. The van der Waals surface area contributed by atoms with E-state index in [0.29, 0.717) is 0 Å². The Morgan fingerprint density at radius 3 is 2.50 bits per heavy atom. The van der Waals surface area contributed by atoms with Crippen molar-refractivity contribution < 1.29 is 34.3 Å². The number of ether oxygens (including phenoxy) is 3. The Balaban J connectivity index is 2.07. The zero-order chi connectivity index (χ0) is 16.1. The minimum Gasteiger partial charge on any atom is -0.454 e. The van der Waals surface area contributed by atoms with E-state index in [1.165, 1.54) is 6.92 Å². The van der Waals surface area contributed by atoms with Gasteiger partial charge in [0.15, 0.2) is 12.4 Å². The van der Waals surface area contributed by atoms with Crippen molar-refractivity contribution in [3.8, 4) is 0 Å². The summed E-state index contributed by atoms with van der Waals surface area (Å²) in [5, 5.41) is 29.1. The van der Waals surface area contributed by atoms with Crippen molar-refractivity contribution in [2.24, 2.45) is 0 Å². The van der Waals surface area contributed by atoms with Gasteiger partial charge >= 0.3 is 5.97 Å². The average molecular weight is 312 g/mol. The van der Waals surface area contributed by atoms with Gasteiger partial charge in [-0.25, -0.2) is 0 Å². The van der Waals surface area contributed by atoms with Gasteiger partial charge in [0.1, 0.15) is 18.3 Å². The van der Waals surface area contributed by atoms with Crippen molar-refractivity contribution in [2.45, 2.75) is 44.2 Å². The van der Waals surface area contributed by atoms with E-state index < -0.39 is 43.3 Å². The Bertz CT molecular complexity index is 478. The molecule has 0 radical (unpaired) electrons. The molecule has 0 saturated carbocycles. The Kier molecular flexibility index (Phi) is 5.87. The van der Waals surface area contributed by atoms with Gasteiger partial charge in [0.25, 0.3) is 0 Å². The number of benzene rings is 1. The largest absolute Gasteiger partial charge is 0.454 e. The molecule has 122 valence electrons. The molecule has 7 nitrogen and oxygen atoms in total. The first-order valence-electron chi connectivity index (χ1n) is 6.98. The summed E-state index contributed by atoms with van der Waals surface area (Å²) in [6.07, 6.45) is -6.04. The van der Waals surface area contributed by atoms with Crippen LogP contribution in [0.4, 0.5) is 0 Å². The Hall–Kier alpha value is -1.51. The van der Waals surface area contributed by atoms with Gasteiger partial charge in [0, 0.05) is 6.92 Å². The molecule has 1 saturated heterocycles. The first-order valence-corrected chi connectivity index (χ1v) is 6.98. The van der Waals surface area contributed by atoms with Crippen molar-refractivity contribution in [1.29, 1.82) is 0 Å². The van der Waals surface area contributed by atoms with Crippen LogP contribution in [0.1, 0.15) is 12.5 Å². The second kappa shape index (κ2) is 7.66. The van der Waals surface area contributed by atoms with Crippen LogP contribution in [0, 0.1) is 0 Å². The molecule has 0 spiro atoms. The lowest BCUT2D eigenvalue weighted by molar-refractivity contribution is -0.306. The van der Waals surface area contributed by atoms with Crippen molar-refractivity contribution in [1.82, 2.24) is 0 Å². The summed E-state index contributed by atoms with van der Waals surface area (Å²) in [6.45, 7) is 0.867. The maximum absolute atomic E-state index is 11.2. The number of aliphatic hydroxyl groups is 3. The lowest BCUT2D eigenvalue weighted by Crippen LogP contribution is -2.60. The highest BCUT2D eigenvalue weighted by atomic mass is 16.7. The second-order valence-electron chi connectivity index (χ2n) is 5.08. The summed E-state index contributed by atoms with van der Waals surface area (Å²) in [5.41, 5.74) is 0.869. The SMILES string of the molecule is CC(=O)O[C@H]1[C@H](OCc2ccccc2)O[C@H](CO)[C@H](O)[C@@H]1O. The second-order valence-corrected chi connectivity index (χ2v) is 5.08. The highest BCUT2D eigenvalue weighted by Crippen LogP contribution is 2.25. The van der Waals surface area contributed by atoms with Crippen molar-refractivity contribution in [3.63, 3.8) is 0 Å². The molecule has 0 unspecified atom stereocenters. The summed E-state index contributed by atoms with van der Waals surface area (Å²) in [5.74, 6) is -0.629. The van der Waals surface area contributed by atoms with Crippen molar-refractivity contribution in [2.75, 3.05) is 6.61 Å². The number of hydrogen-bond donors (Lipinski definition) is 3. The first kappa shape index (κ1) is 16.9. The molecule has 1 aliphatic rings. The molecule has 1 fully saturated rings. The molecular weight excluding hydrogens is 292 g/mol. The normalized spacial score (nSPS) is 31.7. The summed E-state index contributed by atoms with van der Waals surface area (Å²) in [6, 6.07) is 9.25. The summed E-state index contributed by atoms with van der Waals surface area (Å²) < 4.78 is 15.9. The number of hydrogen-bond acceptors (Lipinski definition) is 7. The first-order chi connectivity index (χ1) is 10.5. The van der Waals surface area contributed by atoms with Gasteiger partial charge in [-0.15, -0.1) is 0 Å². The van der Waals surface area contributed by atoms with E-state index in [-0.39, 0.29) is 6.61 Å². The molecule has 1 aromatic carbocycles. The molecule has 0 amide bonds. The average Bonchev–Trinajstić information content (AvgIpc) is 2.52. The van der Waals surface area contributed by atoms with Crippen LogP contribution in [0.15, 0.2) is 30.3 Å². The van der Waals surface area contributed by atoms with Gasteiger partial charge < -0.3 is 29.5 Å². The van der Waals surface area contributed by atoms with E-state index in [1.54, 1.807) is 0 Å². The minimum absolute atomic E-state index is 0.171. The van der Waals surface area contributed by atoms with Crippen LogP contribution >= 0.6 is 0 Å². The van der Waals surface area contributed by atoms with E-state index in [0.717, 1.165) is 5.56 Å². The molecule has 3 N–H and O–H groups in total. The van der Waals surface area contributed by atoms with Gasteiger partial charge in [-0.3, -0.25) is 4.79 Å². The number of carbonyl (C=O) groups is 1. The number of carbonyl (C=O) groups excluding carboxylic acids is 1. The van der Waals surface area contributed by atoms with Crippen molar-refractivity contribution >= 4 is 5.97 Å². The molecule has 2 rings (SSSR count). The molecule has 1 heterocycles. The third-order valence-electron chi connectivity index (χ3n) is 3.38. The van der Waals surface area contributed by atoms with Crippen LogP contribution in [-0.4, -0.2) is 58.6 Å². The molecule has 0 aliphatic carbocycles. The summed E-state index contributed by atoms with van der Waals surface area (Å²) in [4.78, 5) is 11.2. The minimum atomic E-state index is -1.41. The van der Waals surface area contributed by atoms with Gasteiger partial charge in [-0.2, -0.15) is 0 Å². The lowest BCUT2D eigenvalue weighted by atomic mass is 9.99. The summed E-state index contributed by atoms with van der Waals surface area (Å²) in [7, 11) is 0. The molecule has 5 atom stereocenters. The third kappa shape index (κ3) is 4.02. The molecular formula is C15H20O7. The van der Waals surface area contributed by atoms with Gasteiger partial charge in [0.05, 0.1) is 13.2 Å². The number of aliphatic hydroxyl groups excluding tert-OH is 3.